The lowest BCUT2D eigenvalue weighted by Gasteiger charge is -2.17. The number of fused-ring (bicyclic) bond motifs is 1. The van der Waals surface area contributed by atoms with Crippen LogP contribution in [0.15, 0.2) is 42.5 Å². The normalized spacial score (nSPS) is 17.4. The standard InChI is InChI=1S/C23H24FN5O3S/c24-19-10-9-16(22-27-26-21-8-2-1-3-11-28(21)22)15-20(19)25-23(30)17-6-4-7-18(14-17)29-12-5-13-33(29,31)32/h4,6-7,9-10,14-15H,1-3,5,8,11-13H2,(H,25,30). The number of sulfonamides is 1. The van der Waals surface area contributed by atoms with E-state index in [2.05, 4.69) is 20.1 Å². The van der Waals surface area contributed by atoms with E-state index in [0.29, 0.717) is 30.0 Å². The maximum absolute atomic E-state index is 14.6. The molecule has 3 aromatic rings. The molecule has 3 heterocycles. The first-order chi connectivity index (χ1) is 15.9. The van der Waals surface area contributed by atoms with E-state index in [1.165, 1.54) is 16.4 Å². The first-order valence-electron chi connectivity index (χ1n) is 11.1. The lowest BCUT2D eigenvalue weighted by molar-refractivity contribution is 0.102. The summed E-state index contributed by atoms with van der Waals surface area (Å²) in [6, 6.07) is 10.8. The van der Waals surface area contributed by atoms with Gasteiger partial charge in [-0.05, 0) is 55.7 Å². The zero-order valence-corrected chi connectivity index (χ0v) is 18.8. The highest BCUT2D eigenvalue weighted by Crippen LogP contribution is 2.28. The van der Waals surface area contributed by atoms with E-state index >= 15 is 0 Å². The van der Waals surface area contributed by atoms with Gasteiger partial charge in [-0.3, -0.25) is 9.10 Å². The molecule has 1 saturated heterocycles. The Morgan fingerprint density at radius 1 is 1.00 bits per heavy atom. The predicted molar refractivity (Wildman–Crippen MR) is 123 cm³/mol. The lowest BCUT2D eigenvalue weighted by atomic mass is 10.1. The molecule has 1 fully saturated rings. The number of anilines is 2. The van der Waals surface area contributed by atoms with Crippen LogP contribution < -0.4 is 9.62 Å². The molecular formula is C23H24FN5O3S. The van der Waals surface area contributed by atoms with Crippen LogP contribution >= 0.6 is 0 Å². The molecule has 1 amide bonds. The molecule has 2 aliphatic rings. The highest BCUT2D eigenvalue weighted by molar-refractivity contribution is 7.93. The van der Waals surface area contributed by atoms with Crippen molar-refractivity contribution in [3.05, 3.63) is 59.7 Å². The van der Waals surface area contributed by atoms with E-state index in [-0.39, 0.29) is 17.0 Å². The summed E-state index contributed by atoms with van der Waals surface area (Å²) in [6.45, 7) is 1.19. The van der Waals surface area contributed by atoms with Crippen molar-refractivity contribution < 1.29 is 17.6 Å². The van der Waals surface area contributed by atoms with Crippen LogP contribution in [0.2, 0.25) is 0 Å². The minimum Gasteiger partial charge on any atom is -0.319 e. The zero-order valence-electron chi connectivity index (χ0n) is 18.0. The predicted octanol–water partition coefficient (Wildman–Crippen LogP) is 3.60. The van der Waals surface area contributed by atoms with Gasteiger partial charge >= 0.3 is 0 Å². The maximum atomic E-state index is 14.6. The van der Waals surface area contributed by atoms with Crippen molar-refractivity contribution in [2.75, 3.05) is 21.9 Å². The second-order valence-corrected chi connectivity index (χ2v) is 10.4. The van der Waals surface area contributed by atoms with Gasteiger partial charge in [-0.15, -0.1) is 10.2 Å². The summed E-state index contributed by atoms with van der Waals surface area (Å²) in [5.74, 6) is 0.577. The number of amides is 1. The first-order valence-corrected chi connectivity index (χ1v) is 12.7. The fraction of sp³-hybridized carbons (Fsp3) is 0.348. The summed E-state index contributed by atoms with van der Waals surface area (Å²) >= 11 is 0. The topological polar surface area (TPSA) is 97.2 Å². The van der Waals surface area contributed by atoms with Crippen molar-refractivity contribution in [2.24, 2.45) is 0 Å². The van der Waals surface area contributed by atoms with E-state index in [1.807, 2.05) is 0 Å². The van der Waals surface area contributed by atoms with Crippen LogP contribution in [0, 0.1) is 5.82 Å². The van der Waals surface area contributed by atoms with Crippen molar-refractivity contribution in [3.8, 4) is 11.4 Å². The number of aryl methyl sites for hydroxylation is 1. The second-order valence-electron chi connectivity index (χ2n) is 8.34. The molecule has 2 aromatic carbocycles. The number of carbonyl (C=O) groups excluding carboxylic acids is 1. The quantitative estimate of drug-likeness (QED) is 0.630. The van der Waals surface area contributed by atoms with Gasteiger partial charge in [0.25, 0.3) is 5.91 Å². The van der Waals surface area contributed by atoms with Crippen molar-refractivity contribution in [2.45, 2.75) is 38.6 Å². The molecule has 0 atom stereocenters. The molecule has 0 aliphatic carbocycles. The third-order valence-electron chi connectivity index (χ3n) is 6.08. The Bertz CT molecular complexity index is 1320. The Hall–Kier alpha value is -3.27. The Kier molecular flexibility index (Phi) is 5.61. The molecule has 0 radical (unpaired) electrons. The number of hydrogen-bond acceptors (Lipinski definition) is 5. The number of nitrogens with zero attached hydrogens (tertiary/aromatic N) is 4. The maximum Gasteiger partial charge on any atom is 0.255 e. The average molecular weight is 470 g/mol. The van der Waals surface area contributed by atoms with Gasteiger partial charge in [-0.25, -0.2) is 12.8 Å². The van der Waals surface area contributed by atoms with Gasteiger partial charge in [0, 0.05) is 30.6 Å². The third kappa shape index (κ3) is 4.22. The van der Waals surface area contributed by atoms with Crippen LogP contribution in [-0.4, -0.2) is 41.4 Å². The average Bonchev–Trinajstić information content (AvgIpc) is 3.29. The molecular weight excluding hydrogens is 445 g/mol. The molecule has 2 aliphatic heterocycles. The highest BCUT2D eigenvalue weighted by atomic mass is 32.2. The Labute approximate surface area is 191 Å². The second kappa shape index (κ2) is 8.58. The molecule has 33 heavy (non-hydrogen) atoms. The van der Waals surface area contributed by atoms with Crippen LogP contribution in [0.5, 0.6) is 0 Å². The Morgan fingerprint density at radius 2 is 1.88 bits per heavy atom. The smallest absolute Gasteiger partial charge is 0.255 e. The van der Waals surface area contributed by atoms with Crippen LogP contribution in [-0.2, 0) is 23.0 Å². The summed E-state index contributed by atoms with van der Waals surface area (Å²) in [5, 5.41) is 11.2. The number of nitrogens with one attached hydrogen (secondary N) is 1. The number of hydrogen-bond donors (Lipinski definition) is 1. The SMILES string of the molecule is O=C(Nc1cc(-c2nnc3n2CCCCC3)ccc1F)c1cccc(N2CCCS2(=O)=O)c1. The van der Waals surface area contributed by atoms with Gasteiger partial charge in [0.05, 0.1) is 17.1 Å². The summed E-state index contributed by atoms with van der Waals surface area (Å²) in [7, 11) is -3.36. The Balaban J connectivity index is 1.41. The van der Waals surface area contributed by atoms with Gasteiger partial charge in [0.2, 0.25) is 10.0 Å². The van der Waals surface area contributed by atoms with Gasteiger partial charge < -0.3 is 9.88 Å². The largest absolute Gasteiger partial charge is 0.319 e. The van der Waals surface area contributed by atoms with E-state index in [0.717, 1.165) is 38.1 Å². The van der Waals surface area contributed by atoms with Crippen molar-refractivity contribution in [1.29, 1.82) is 0 Å². The van der Waals surface area contributed by atoms with Gasteiger partial charge in [0.1, 0.15) is 11.6 Å². The number of carbonyl (C=O) groups is 1. The monoisotopic (exact) mass is 469 g/mol. The van der Waals surface area contributed by atoms with Crippen molar-refractivity contribution in [3.63, 3.8) is 0 Å². The van der Waals surface area contributed by atoms with Gasteiger partial charge in [-0.1, -0.05) is 12.5 Å². The number of halogens is 1. The number of rotatable bonds is 4. The fourth-order valence-electron chi connectivity index (χ4n) is 4.39. The zero-order chi connectivity index (χ0) is 23.0. The van der Waals surface area contributed by atoms with E-state index < -0.39 is 21.7 Å². The third-order valence-corrected chi connectivity index (χ3v) is 7.95. The van der Waals surface area contributed by atoms with Crippen molar-refractivity contribution in [1.82, 2.24) is 14.8 Å². The highest BCUT2D eigenvalue weighted by Gasteiger charge is 2.28. The lowest BCUT2D eigenvalue weighted by Crippen LogP contribution is -2.25. The van der Waals surface area contributed by atoms with Gasteiger partial charge in [-0.2, -0.15) is 0 Å². The molecule has 0 saturated carbocycles. The van der Waals surface area contributed by atoms with E-state index in [4.69, 9.17) is 0 Å². The summed E-state index contributed by atoms with van der Waals surface area (Å²) in [5.41, 5.74) is 1.38. The molecule has 8 nitrogen and oxygen atoms in total. The van der Waals surface area contributed by atoms with Crippen LogP contribution in [0.3, 0.4) is 0 Å². The summed E-state index contributed by atoms with van der Waals surface area (Å²) < 4.78 is 42.4. The van der Waals surface area contributed by atoms with Crippen LogP contribution in [0.1, 0.15) is 41.9 Å². The van der Waals surface area contributed by atoms with Crippen LogP contribution in [0.25, 0.3) is 11.4 Å². The van der Waals surface area contributed by atoms with E-state index in [9.17, 15) is 17.6 Å². The molecule has 10 heteroatoms. The fourth-order valence-corrected chi connectivity index (χ4v) is 5.94. The van der Waals surface area contributed by atoms with Gasteiger partial charge in [0.15, 0.2) is 5.82 Å². The number of aromatic nitrogens is 3. The molecule has 0 bridgehead atoms. The summed E-state index contributed by atoms with van der Waals surface area (Å²) in [6.07, 6.45) is 4.64. The van der Waals surface area contributed by atoms with Crippen LogP contribution in [0.4, 0.5) is 15.8 Å². The molecule has 1 aromatic heterocycles. The van der Waals surface area contributed by atoms with Crippen molar-refractivity contribution >= 4 is 27.3 Å². The van der Waals surface area contributed by atoms with E-state index in [1.54, 1.807) is 30.3 Å². The molecule has 0 spiro atoms. The summed E-state index contributed by atoms with van der Waals surface area (Å²) in [4.78, 5) is 12.9. The minimum absolute atomic E-state index is 0.0302. The molecule has 5 rings (SSSR count). The molecule has 1 N–H and O–H groups in total. The Morgan fingerprint density at radius 3 is 2.70 bits per heavy atom. The minimum atomic E-state index is -3.36. The first kappa shape index (κ1) is 21.6. The number of benzene rings is 2. The molecule has 172 valence electrons. The molecule has 0 unspecified atom stereocenters.